The van der Waals surface area contributed by atoms with Crippen LogP contribution in [0.2, 0.25) is 0 Å². The van der Waals surface area contributed by atoms with Gasteiger partial charge < -0.3 is 0 Å². The number of nitriles is 1. The van der Waals surface area contributed by atoms with Crippen molar-refractivity contribution in [3.63, 3.8) is 0 Å². The molecule has 0 unspecified atom stereocenters. The van der Waals surface area contributed by atoms with Crippen LogP contribution in [0, 0.1) is 11.3 Å². The van der Waals surface area contributed by atoms with Crippen LogP contribution in [0.3, 0.4) is 0 Å². The molecule has 0 bridgehead atoms. The van der Waals surface area contributed by atoms with Crippen LogP contribution < -0.4 is 0 Å². The average Bonchev–Trinajstić information content (AvgIpc) is 3.18. The zero-order valence-corrected chi connectivity index (χ0v) is 26.0. The first-order chi connectivity index (χ1) is 23.7. The second-order valence-corrected chi connectivity index (χ2v) is 11.6. The summed E-state index contributed by atoms with van der Waals surface area (Å²) < 4.78 is 0. The smallest absolute Gasteiger partial charge is 0.164 e. The molecule has 0 amide bonds. The fourth-order valence-corrected chi connectivity index (χ4v) is 6.13. The summed E-state index contributed by atoms with van der Waals surface area (Å²) >= 11 is 0. The molecule has 0 aliphatic heterocycles. The number of benzene rings is 7. The molecule has 0 aliphatic rings. The van der Waals surface area contributed by atoms with Crippen LogP contribution in [0.4, 0.5) is 0 Å². The predicted molar refractivity (Wildman–Crippen MR) is 195 cm³/mol. The van der Waals surface area contributed by atoms with Gasteiger partial charge in [0.2, 0.25) is 0 Å². The minimum absolute atomic E-state index is 0.638. The van der Waals surface area contributed by atoms with E-state index in [-0.39, 0.29) is 0 Å². The molecule has 8 rings (SSSR count). The van der Waals surface area contributed by atoms with Crippen LogP contribution in [-0.2, 0) is 0 Å². The topological polar surface area (TPSA) is 62.5 Å². The fourth-order valence-electron chi connectivity index (χ4n) is 6.13. The van der Waals surface area contributed by atoms with Gasteiger partial charge in [-0.1, -0.05) is 158 Å². The quantitative estimate of drug-likeness (QED) is 0.187. The highest BCUT2D eigenvalue weighted by atomic mass is 15.0. The van der Waals surface area contributed by atoms with Crippen molar-refractivity contribution in [1.82, 2.24) is 15.0 Å². The van der Waals surface area contributed by atoms with Crippen molar-refractivity contribution in [2.75, 3.05) is 0 Å². The van der Waals surface area contributed by atoms with Gasteiger partial charge in [-0.2, -0.15) is 5.26 Å². The Hall–Kier alpha value is -6.70. The normalized spacial score (nSPS) is 10.9. The van der Waals surface area contributed by atoms with Gasteiger partial charge in [-0.3, -0.25) is 0 Å². The molecule has 4 heteroatoms. The maximum absolute atomic E-state index is 9.54. The molecule has 0 N–H and O–H groups in total. The van der Waals surface area contributed by atoms with Crippen LogP contribution in [0.15, 0.2) is 170 Å². The Morgan fingerprint density at radius 2 is 0.812 bits per heavy atom. The summed E-state index contributed by atoms with van der Waals surface area (Å²) in [5, 5.41) is 11.9. The Morgan fingerprint density at radius 3 is 1.42 bits per heavy atom. The van der Waals surface area contributed by atoms with Crippen LogP contribution in [0.25, 0.3) is 78.3 Å². The first kappa shape index (κ1) is 28.8. The summed E-state index contributed by atoms with van der Waals surface area (Å²) in [6, 6.07) is 60.0. The summed E-state index contributed by atoms with van der Waals surface area (Å²) in [6.07, 6.45) is 0. The van der Waals surface area contributed by atoms with E-state index in [9.17, 15) is 5.26 Å². The third-order valence-electron chi connectivity index (χ3n) is 8.61. The van der Waals surface area contributed by atoms with Crippen molar-refractivity contribution in [3.05, 3.63) is 175 Å². The van der Waals surface area contributed by atoms with E-state index in [1.54, 1.807) is 0 Å². The van der Waals surface area contributed by atoms with Gasteiger partial charge in [0, 0.05) is 16.7 Å². The lowest BCUT2D eigenvalue weighted by atomic mass is 9.93. The molecule has 0 aliphatic carbocycles. The molecular weight excluding hydrogens is 585 g/mol. The third-order valence-corrected chi connectivity index (χ3v) is 8.61. The lowest BCUT2D eigenvalue weighted by Gasteiger charge is -2.11. The Labute approximate surface area is 279 Å². The largest absolute Gasteiger partial charge is 0.208 e. The number of fused-ring (bicyclic) bond motifs is 1. The Morgan fingerprint density at radius 1 is 0.354 bits per heavy atom. The zero-order chi connectivity index (χ0) is 32.3. The molecule has 4 nitrogen and oxygen atoms in total. The van der Waals surface area contributed by atoms with Gasteiger partial charge in [-0.15, -0.1) is 0 Å². The van der Waals surface area contributed by atoms with E-state index in [0.717, 1.165) is 44.5 Å². The molecule has 224 valence electrons. The van der Waals surface area contributed by atoms with Crippen molar-refractivity contribution in [1.29, 1.82) is 5.26 Å². The van der Waals surface area contributed by atoms with Gasteiger partial charge >= 0.3 is 0 Å². The number of hydrogen-bond acceptors (Lipinski definition) is 4. The van der Waals surface area contributed by atoms with E-state index in [4.69, 9.17) is 15.0 Å². The Balaban J connectivity index is 1.11. The predicted octanol–water partition coefficient (Wildman–Crippen LogP) is 10.9. The summed E-state index contributed by atoms with van der Waals surface area (Å²) in [6.45, 7) is 0. The summed E-state index contributed by atoms with van der Waals surface area (Å²) in [4.78, 5) is 14.6. The number of aromatic nitrogens is 3. The first-order valence-corrected chi connectivity index (χ1v) is 15.8. The second kappa shape index (κ2) is 12.6. The second-order valence-electron chi connectivity index (χ2n) is 11.6. The van der Waals surface area contributed by atoms with Crippen LogP contribution in [0.5, 0.6) is 0 Å². The molecule has 0 fully saturated rings. The zero-order valence-electron chi connectivity index (χ0n) is 26.0. The van der Waals surface area contributed by atoms with E-state index >= 15 is 0 Å². The summed E-state index contributed by atoms with van der Waals surface area (Å²) in [5.74, 6) is 1.94. The van der Waals surface area contributed by atoms with Crippen molar-refractivity contribution < 1.29 is 0 Å². The number of hydrogen-bond donors (Lipinski definition) is 0. The standard InChI is InChI=1S/C44H28N4/c45-29-38-14-7-8-16-39(38)31-20-22-32(23-21-31)40-17-9-15-37-28-36(26-27-41(37)40)30-18-24-35(25-19-30)44-47-42(33-10-3-1-4-11-33)46-43(48-44)34-12-5-2-6-13-34/h1-28H. The molecule has 0 saturated heterocycles. The molecule has 0 atom stereocenters. The van der Waals surface area contributed by atoms with E-state index in [0.29, 0.717) is 23.0 Å². The highest BCUT2D eigenvalue weighted by molar-refractivity contribution is 5.99. The van der Waals surface area contributed by atoms with E-state index in [1.807, 2.05) is 84.9 Å². The van der Waals surface area contributed by atoms with Gasteiger partial charge in [-0.05, 0) is 56.3 Å². The first-order valence-electron chi connectivity index (χ1n) is 15.8. The lowest BCUT2D eigenvalue weighted by molar-refractivity contribution is 1.07. The van der Waals surface area contributed by atoms with Gasteiger partial charge in [0.15, 0.2) is 17.5 Å². The van der Waals surface area contributed by atoms with Crippen molar-refractivity contribution >= 4 is 10.8 Å². The molecule has 1 heterocycles. The van der Waals surface area contributed by atoms with E-state index in [2.05, 4.69) is 91.0 Å². The maximum atomic E-state index is 9.54. The minimum atomic E-state index is 0.638. The molecule has 0 radical (unpaired) electrons. The lowest BCUT2D eigenvalue weighted by Crippen LogP contribution is -2.00. The summed E-state index contributed by atoms with van der Waals surface area (Å²) in [5.41, 5.74) is 10.1. The maximum Gasteiger partial charge on any atom is 0.164 e. The van der Waals surface area contributed by atoms with Crippen molar-refractivity contribution in [2.24, 2.45) is 0 Å². The Bertz CT molecular complexity index is 2370. The Kier molecular flexibility index (Phi) is 7.54. The molecule has 7 aromatic carbocycles. The monoisotopic (exact) mass is 612 g/mol. The van der Waals surface area contributed by atoms with Gasteiger partial charge in [0.05, 0.1) is 11.6 Å². The average molecular weight is 613 g/mol. The minimum Gasteiger partial charge on any atom is -0.208 e. The highest BCUT2D eigenvalue weighted by Crippen LogP contribution is 2.34. The highest BCUT2D eigenvalue weighted by Gasteiger charge is 2.13. The van der Waals surface area contributed by atoms with E-state index in [1.165, 1.54) is 16.3 Å². The molecule has 0 spiro atoms. The number of rotatable bonds is 6. The molecule has 8 aromatic rings. The molecule has 1 aromatic heterocycles. The van der Waals surface area contributed by atoms with Crippen LogP contribution in [0.1, 0.15) is 5.56 Å². The van der Waals surface area contributed by atoms with Crippen LogP contribution >= 0.6 is 0 Å². The summed E-state index contributed by atoms with van der Waals surface area (Å²) in [7, 11) is 0. The van der Waals surface area contributed by atoms with Crippen molar-refractivity contribution in [2.45, 2.75) is 0 Å². The third kappa shape index (κ3) is 5.62. The van der Waals surface area contributed by atoms with E-state index < -0.39 is 0 Å². The van der Waals surface area contributed by atoms with Gasteiger partial charge in [-0.25, -0.2) is 15.0 Å². The molecular formula is C44H28N4. The van der Waals surface area contributed by atoms with Gasteiger partial charge in [0.25, 0.3) is 0 Å². The molecule has 0 saturated carbocycles. The SMILES string of the molecule is N#Cc1ccccc1-c1ccc(-c2cccc3cc(-c4ccc(-c5nc(-c6ccccc6)nc(-c6ccccc6)n5)cc4)ccc23)cc1. The molecule has 48 heavy (non-hydrogen) atoms. The van der Waals surface area contributed by atoms with Crippen LogP contribution in [-0.4, -0.2) is 15.0 Å². The van der Waals surface area contributed by atoms with Crippen molar-refractivity contribution in [3.8, 4) is 73.6 Å². The van der Waals surface area contributed by atoms with Gasteiger partial charge in [0.1, 0.15) is 0 Å². The fraction of sp³-hybridized carbons (Fsp3) is 0. The number of nitrogens with zero attached hydrogens (tertiary/aromatic N) is 4.